The molecule has 0 spiro atoms. The molecule has 4 rings (SSSR count). The van der Waals surface area contributed by atoms with E-state index in [2.05, 4.69) is 40.5 Å². The third kappa shape index (κ3) is 3.29. The molecule has 1 aromatic rings. The molecule has 1 amide bonds. The SMILES string of the molecule is O=C(CN1CCC(c2ccccc2)CC1)NC1CC2OCCC12. The van der Waals surface area contributed by atoms with Crippen molar-refractivity contribution in [1.29, 1.82) is 0 Å². The smallest absolute Gasteiger partial charge is 0.234 e. The number of nitrogens with one attached hydrogen (secondary N) is 1. The molecule has 1 N–H and O–H groups in total. The van der Waals surface area contributed by atoms with Gasteiger partial charge in [-0.2, -0.15) is 0 Å². The average Bonchev–Trinajstić information content (AvgIpc) is 2.95. The third-order valence-electron chi connectivity index (χ3n) is 5.84. The van der Waals surface area contributed by atoms with Gasteiger partial charge in [0.15, 0.2) is 0 Å². The van der Waals surface area contributed by atoms with E-state index in [1.54, 1.807) is 0 Å². The van der Waals surface area contributed by atoms with Crippen LogP contribution in [0.3, 0.4) is 0 Å². The van der Waals surface area contributed by atoms with Gasteiger partial charge in [-0.1, -0.05) is 30.3 Å². The van der Waals surface area contributed by atoms with Crippen LogP contribution in [0.25, 0.3) is 0 Å². The second-order valence-electron chi connectivity index (χ2n) is 7.23. The van der Waals surface area contributed by atoms with Gasteiger partial charge in [-0.3, -0.25) is 9.69 Å². The second kappa shape index (κ2) is 6.62. The van der Waals surface area contributed by atoms with Crippen LogP contribution >= 0.6 is 0 Å². The Morgan fingerprint density at radius 2 is 1.96 bits per heavy atom. The molecule has 2 saturated heterocycles. The fourth-order valence-corrected chi connectivity index (χ4v) is 4.37. The minimum atomic E-state index is 0.193. The van der Waals surface area contributed by atoms with Crippen LogP contribution in [-0.2, 0) is 9.53 Å². The number of likely N-dealkylation sites (tertiary alicyclic amines) is 1. The lowest BCUT2D eigenvalue weighted by Gasteiger charge is -2.40. The van der Waals surface area contributed by atoms with Crippen LogP contribution in [0.1, 0.15) is 37.2 Å². The van der Waals surface area contributed by atoms with Crippen LogP contribution < -0.4 is 5.32 Å². The first kappa shape index (κ1) is 15.2. The molecule has 0 radical (unpaired) electrons. The third-order valence-corrected chi connectivity index (χ3v) is 5.84. The molecule has 2 heterocycles. The summed E-state index contributed by atoms with van der Waals surface area (Å²) in [5.74, 6) is 1.42. The van der Waals surface area contributed by atoms with Crippen molar-refractivity contribution in [3.63, 3.8) is 0 Å². The molecule has 3 aliphatic rings. The standard InChI is InChI=1S/C19H26N2O2/c22-19(20-17-12-18-16(17)8-11-23-18)13-21-9-6-15(7-10-21)14-4-2-1-3-5-14/h1-5,15-18H,6-13H2,(H,20,22). The van der Waals surface area contributed by atoms with Crippen molar-refractivity contribution in [3.05, 3.63) is 35.9 Å². The number of hydrogen-bond acceptors (Lipinski definition) is 3. The predicted octanol–water partition coefficient (Wildman–Crippen LogP) is 2.16. The minimum Gasteiger partial charge on any atom is -0.378 e. The summed E-state index contributed by atoms with van der Waals surface area (Å²) in [5, 5.41) is 3.22. The number of rotatable bonds is 4. The zero-order valence-electron chi connectivity index (χ0n) is 13.6. The zero-order chi connectivity index (χ0) is 15.6. The average molecular weight is 314 g/mol. The van der Waals surface area contributed by atoms with Crippen molar-refractivity contribution in [1.82, 2.24) is 10.2 Å². The summed E-state index contributed by atoms with van der Waals surface area (Å²) in [4.78, 5) is 14.6. The van der Waals surface area contributed by atoms with E-state index in [4.69, 9.17) is 4.74 Å². The maximum atomic E-state index is 12.3. The lowest BCUT2D eigenvalue weighted by Crippen LogP contribution is -2.55. The van der Waals surface area contributed by atoms with E-state index < -0.39 is 0 Å². The minimum absolute atomic E-state index is 0.193. The van der Waals surface area contributed by atoms with E-state index in [0.29, 0.717) is 30.5 Å². The summed E-state index contributed by atoms with van der Waals surface area (Å²) >= 11 is 0. The van der Waals surface area contributed by atoms with Crippen LogP contribution in [0.4, 0.5) is 0 Å². The van der Waals surface area contributed by atoms with Crippen molar-refractivity contribution in [2.45, 2.75) is 43.7 Å². The molecule has 3 atom stereocenters. The van der Waals surface area contributed by atoms with Gasteiger partial charge in [-0.15, -0.1) is 0 Å². The van der Waals surface area contributed by atoms with Gasteiger partial charge in [0.25, 0.3) is 0 Å². The van der Waals surface area contributed by atoms with Crippen LogP contribution in [0.2, 0.25) is 0 Å². The molecule has 0 aromatic heterocycles. The lowest BCUT2D eigenvalue weighted by molar-refractivity contribution is -0.125. The molecule has 1 saturated carbocycles. The summed E-state index contributed by atoms with van der Waals surface area (Å²) in [6.45, 7) is 3.46. The number of amides is 1. The first-order valence-corrected chi connectivity index (χ1v) is 8.98. The van der Waals surface area contributed by atoms with E-state index >= 15 is 0 Å². The molecule has 23 heavy (non-hydrogen) atoms. The Hall–Kier alpha value is -1.39. The Labute approximate surface area is 138 Å². The van der Waals surface area contributed by atoms with Gasteiger partial charge in [0.1, 0.15) is 0 Å². The number of carbonyl (C=O) groups excluding carboxylic acids is 1. The van der Waals surface area contributed by atoms with E-state index in [9.17, 15) is 4.79 Å². The Balaban J connectivity index is 1.21. The number of piperidine rings is 1. The van der Waals surface area contributed by atoms with Crippen molar-refractivity contribution < 1.29 is 9.53 Å². The molecule has 3 unspecified atom stereocenters. The quantitative estimate of drug-likeness (QED) is 0.926. The van der Waals surface area contributed by atoms with Gasteiger partial charge in [0.05, 0.1) is 12.6 Å². The van der Waals surface area contributed by atoms with E-state index in [-0.39, 0.29) is 5.91 Å². The fraction of sp³-hybridized carbons (Fsp3) is 0.632. The largest absolute Gasteiger partial charge is 0.378 e. The molecule has 1 aromatic carbocycles. The van der Waals surface area contributed by atoms with Crippen molar-refractivity contribution in [2.24, 2.45) is 5.92 Å². The van der Waals surface area contributed by atoms with Crippen molar-refractivity contribution >= 4 is 5.91 Å². The normalized spacial score (nSPS) is 31.4. The first-order valence-electron chi connectivity index (χ1n) is 8.98. The van der Waals surface area contributed by atoms with Gasteiger partial charge in [-0.25, -0.2) is 0 Å². The molecular formula is C19H26N2O2. The summed E-state index contributed by atoms with van der Waals surface area (Å²) in [6.07, 6.45) is 4.84. The van der Waals surface area contributed by atoms with Crippen molar-refractivity contribution in [3.8, 4) is 0 Å². The molecule has 2 aliphatic heterocycles. The molecule has 1 aliphatic carbocycles. The van der Waals surface area contributed by atoms with Crippen molar-refractivity contribution in [2.75, 3.05) is 26.2 Å². The van der Waals surface area contributed by atoms with E-state index in [1.165, 1.54) is 5.56 Å². The summed E-state index contributed by atoms with van der Waals surface area (Å²) in [7, 11) is 0. The highest BCUT2D eigenvalue weighted by molar-refractivity contribution is 5.78. The monoisotopic (exact) mass is 314 g/mol. The maximum Gasteiger partial charge on any atom is 0.234 e. The summed E-state index contributed by atoms with van der Waals surface area (Å²) < 4.78 is 5.61. The number of benzene rings is 1. The number of carbonyl (C=O) groups is 1. The Kier molecular flexibility index (Phi) is 4.36. The Morgan fingerprint density at radius 1 is 1.17 bits per heavy atom. The van der Waals surface area contributed by atoms with Crippen LogP contribution in [0.5, 0.6) is 0 Å². The molecule has 0 bridgehead atoms. The Bertz CT molecular complexity index is 540. The predicted molar refractivity (Wildman–Crippen MR) is 89.3 cm³/mol. The summed E-state index contributed by atoms with van der Waals surface area (Å²) in [6, 6.07) is 11.1. The highest BCUT2D eigenvalue weighted by atomic mass is 16.5. The first-order chi connectivity index (χ1) is 11.3. The molecular weight excluding hydrogens is 288 g/mol. The zero-order valence-corrected chi connectivity index (χ0v) is 13.6. The molecule has 4 heteroatoms. The van der Waals surface area contributed by atoms with E-state index in [1.807, 2.05) is 0 Å². The van der Waals surface area contributed by atoms with E-state index in [0.717, 1.165) is 45.4 Å². The summed E-state index contributed by atoms with van der Waals surface area (Å²) in [5.41, 5.74) is 1.44. The Morgan fingerprint density at radius 3 is 2.70 bits per heavy atom. The van der Waals surface area contributed by atoms with Crippen LogP contribution in [0.15, 0.2) is 30.3 Å². The van der Waals surface area contributed by atoms with Gasteiger partial charge < -0.3 is 10.1 Å². The second-order valence-corrected chi connectivity index (χ2v) is 7.23. The highest BCUT2D eigenvalue weighted by Crippen LogP contribution is 2.38. The topological polar surface area (TPSA) is 41.6 Å². The molecule has 124 valence electrons. The number of fused-ring (bicyclic) bond motifs is 1. The van der Waals surface area contributed by atoms with Gasteiger partial charge in [0.2, 0.25) is 5.91 Å². The van der Waals surface area contributed by atoms with Crippen LogP contribution in [0, 0.1) is 5.92 Å². The number of hydrogen-bond donors (Lipinski definition) is 1. The molecule has 3 fully saturated rings. The maximum absolute atomic E-state index is 12.3. The van der Waals surface area contributed by atoms with Gasteiger partial charge in [0, 0.05) is 18.6 Å². The highest BCUT2D eigenvalue weighted by Gasteiger charge is 2.45. The molecule has 4 nitrogen and oxygen atoms in total. The number of ether oxygens (including phenoxy) is 1. The fourth-order valence-electron chi connectivity index (χ4n) is 4.37. The van der Waals surface area contributed by atoms with Gasteiger partial charge in [-0.05, 0) is 50.3 Å². The lowest BCUT2D eigenvalue weighted by atomic mass is 9.76. The number of nitrogens with zero attached hydrogens (tertiary/aromatic N) is 1. The van der Waals surface area contributed by atoms with Gasteiger partial charge >= 0.3 is 0 Å². The van der Waals surface area contributed by atoms with Crippen LogP contribution in [-0.4, -0.2) is 49.2 Å².